The zero-order chi connectivity index (χ0) is 10.8. The van der Waals surface area contributed by atoms with Gasteiger partial charge in [-0.25, -0.2) is 4.98 Å². The van der Waals surface area contributed by atoms with Crippen molar-refractivity contribution in [3.8, 4) is 5.88 Å². The Morgan fingerprint density at radius 1 is 1.36 bits per heavy atom. The molecule has 1 unspecified atom stereocenters. The van der Waals surface area contributed by atoms with Gasteiger partial charge in [-0.3, -0.25) is 0 Å². The van der Waals surface area contributed by atoms with Crippen molar-refractivity contribution in [1.82, 2.24) is 4.98 Å². The van der Waals surface area contributed by atoms with E-state index < -0.39 is 6.10 Å². The molecule has 1 heterocycles. The second-order valence-electron chi connectivity index (χ2n) is 4.40. The molecule has 1 aromatic rings. The third kappa shape index (κ3) is 2.45. The molecular weight excluding hydrogens is 178 g/mol. The number of ether oxygens (including phenoxy) is 1. The molecule has 78 valence electrons. The van der Waals surface area contributed by atoms with Crippen molar-refractivity contribution >= 4 is 0 Å². The third-order valence-electron chi connectivity index (χ3n) is 2.10. The van der Waals surface area contributed by atoms with Crippen molar-refractivity contribution in [3.63, 3.8) is 0 Å². The van der Waals surface area contributed by atoms with Crippen LogP contribution in [0.4, 0.5) is 0 Å². The van der Waals surface area contributed by atoms with Gasteiger partial charge >= 0.3 is 0 Å². The summed E-state index contributed by atoms with van der Waals surface area (Å²) in [4.78, 5) is 4.05. The van der Waals surface area contributed by atoms with Gasteiger partial charge in [0.05, 0.1) is 13.2 Å². The quantitative estimate of drug-likeness (QED) is 0.786. The van der Waals surface area contributed by atoms with Crippen LogP contribution in [0.15, 0.2) is 18.3 Å². The van der Waals surface area contributed by atoms with Gasteiger partial charge in [0, 0.05) is 12.3 Å². The molecule has 3 heteroatoms. The van der Waals surface area contributed by atoms with Gasteiger partial charge in [-0.05, 0) is 17.0 Å². The van der Waals surface area contributed by atoms with E-state index in [0.717, 1.165) is 5.56 Å². The molecule has 0 bridgehead atoms. The summed E-state index contributed by atoms with van der Waals surface area (Å²) in [6.45, 7) is 5.96. The Hall–Kier alpha value is -1.09. The van der Waals surface area contributed by atoms with E-state index in [1.807, 2.05) is 26.8 Å². The first-order chi connectivity index (χ1) is 6.45. The van der Waals surface area contributed by atoms with E-state index >= 15 is 0 Å². The zero-order valence-corrected chi connectivity index (χ0v) is 9.11. The molecule has 14 heavy (non-hydrogen) atoms. The number of pyridine rings is 1. The highest BCUT2D eigenvalue weighted by atomic mass is 16.5. The second kappa shape index (κ2) is 3.96. The number of aliphatic hydroxyl groups excluding tert-OH is 1. The van der Waals surface area contributed by atoms with Gasteiger partial charge in [-0.2, -0.15) is 0 Å². The first-order valence-corrected chi connectivity index (χ1v) is 4.63. The van der Waals surface area contributed by atoms with Crippen molar-refractivity contribution < 1.29 is 9.84 Å². The molecule has 1 aromatic heterocycles. The van der Waals surface area contributed by atoms with Gasteiger partial charge in [0.25, 0.3) is 0 Å². The van der Waals surface area contributed by atoms with Crippen molar-refractivity contribution in [2.24, 2.45) is 5.41 Å². The Morgan fingerprint density at radius 2 is 2.00 bits per heavy atom. The minimum absolute atomic E-state index is 0.170. The van der Waals surface area contributed by atoms with Gasteiger partial charge in [-0.1, -0.05) is 20.8 Å². The molecule has 0 aliphatic carbocycles. The zero-order valence-electron chi connectivity index (χ0n) is 9.11. The maximum absolute atomic E-state index is 9.94. The maximum atomic E-state index is 9.94. The number of hydrogen-bond acceptors (Lipinski definition) is 3. The Bertz CT molecular complexity index is 287. The van der Waals surface area contributed by atoms with Crippen LogP contribution in [0, 0.1) is 5.41 Å². The van der Waals surface area contributed by atoms with E-state index in [9.17, 15) is 5.11 Å². The molecule has 0 aromatic carbocycles. The molecule has 3 nitrogen and oxygen atoms in total. The van der Waals surface area contributed by atoms with E-state index in [-0.39, 0.29) is 5.41 Å². The number of rotatable bonds is 2. The monoisotopic (exact) mass is 195 g/mol. The topological polar surface area (TPSA) is 42.4 Å². The van der Waals surface area contributed by atoms with Crippen LogP contribution in [0.5, 0.6) is 5.88 Å². The highest BCUT2D eigenvalue weighted by Crippen LogP contribution is 2.32. The fourth-order valence-corrected chi connectivity index (χ4v) is 1.17. The van der Waals surface area contributed by atoms with Crippen LogP contribution < -0.4 is 4.74 Å². The standard InChI is InChI=1S/C11H17NO2/c1-11(2,3)10(13)8-5-6-9(14-4)12-7-8/h5-7,10,13H,1-4H3. The summed E-state index contributed by atoms with van der Waals surface area (Å²) < 4.78 is 4.94. The van der Waals surface area contributed by atoms with Crippen molar-refractivity contribution in [2.75, 3.05) is 7.11 Å². The predicted octanol–water partition coefficient (Wildman–Crippen LogP) is 2.17. The molecule has 1 atom stereocenters. The second-order valence-corrected chi connectivity index (χ2v) is 4.40. The summed E-state index contributed by atoms with van der Waals surface area (Å²) in [6, 6.07) is 3.59. The van der Waals surface area contributed by atoms with Crippen LogP contribution in [0.3, 0.4) is 0 Å². The lowest BCUT2D eigenvalue weighted by atomic mass is 9.85. The lowest BCUT2D eigenvalue weighted by Gasteiger charge is -2.25. The van der Waals surface area contributed by atoms with Gasteiger partial charge in [0.15, 0.2) is 0 Å². The van der Waals surface area contributed by atoms with Crippen molar-refractivity contribution in [3.05, 3.63) is 23.9 Å². The molecule has 0 spiro atoms. The minimum Gasteiger partial charge on any atom is -0.481 e. The molecule has 0 amide bonds. The Balaban J connectivity index is 2.87. The average molecular weight is 195 g/mol. The Labute approximate surface area is 84.7 Å². The highest BCUT2D eigenvalue weighted by Gasteiger charge is 2.23. The summed E-state index contributed by atoms with van der Waals surface area (Å²) in [7, 11) is 1.57. The van der Waals surface area contributed by atoms with Crippen LogP contribution in [0.25, 0.3) is 0 Å². The number of nitrogens with zero attached hydrogens (tertiary/aromatic N) is 1. The van der Waals surface area contributed by atoms with Crippen molar-refractivity contribution in [1.29, 1.82) is 0 Å². The van der Waals surface area contributed by atoms with E-state index in [1.54, 1.807) is 19.4 Å². The van der Waals surface area contributed by atoms with Crippen LogP contribution in [0.2, 0.25) is 0 Å². The van der Waals surface area contributed by atoms with E-state index in [2.05, 4.69) is 4.98 Å². The summed E-state index contributed by atoms with van der Waals surface area (Å²) in [5.74, 6) is 0.565. The molecule has 0 aliphatic heterocycles. The number of hydrogen-bond donors (Lipinski definition) is 1. The van der Waals surface area contributed by atoms with Gasteiger partial charge in [0.2, 0.25) is 5.88 Å². The third-order valence-corrected chi connectivity index (χ3v) is 2.10. The fraction of sp³-hybridized carbons (Fsp3) is 0.545. The normalized spacial score (nSPS) is 13.8. The summed E-state index contributed by atoms with van der Waals surface area (Å²) in [5.41, 5.74) is 0.648. The summed E-state index contributed by atoms with van der Waals surface area (Å²) in [5, 5.41) is 9.94. The van der Waals surface area contributed by atoms with E-state index in [1.165, 1.54) is 0 Å². The summed E-state index contributed by atoms with van der Waals surface area (Å²) >= 11 is 0. The molecule has 0 aliphatic rings. The molecule has 0 saturated heterocycles. The first-order valence-electron chi connectivity index (χ1n) is 4.63. The van der Waals surface area contributed by atoms with Gasteiger partial charge in [0.1, 0.15) is 0 Å². The molecule has 1 N–H and O–H groups in total. The van der Waals surface area contributed by atoms with Crippen molar-refractivity contribution in [2.45, 2.75) is 26.9 Å². The lowest BCUT2D eigenvalue weighted by Crippen LogP contribution is -2.17. The van der Waals surface area contributed by atoms with Crippen LogP contribution in [-0.4, -0.2) is 17.2 Å². The predicted molar refractivity (Wildman–Crippen MR) is 55.2 cm³/mol. The molecule has 0 radical (unpaired) electrons. The number of aromatic nitrogens is 1. The number of aliphatic hydroxyl groups is 1. The average Bonchev–Trinajstić information content (AvgIpc) is 2.15. The van der Waals surface area contributed by atoms with Crippen LogP contribution in [-0.2, 0) is 0 Å². The van der Waals surface area contributed by atoms with E-state index in [0.29, 0.717) is 5.88 Å². The first kappa shape index (κ1) is 11.0. The fourth-order valence-electron chi connectivity index (χ4n) is 1.17. The maximum Gasteiger partial charge on any atom is 0.212 e. The smallest absolute Gasteiger partial charge is 0.212 e. The van der Waals surface area contributed by atoms with E-state index in [4.69, 9.17) is 4.74 Å². The Morgan fingerprint density at radius 3 is 2.36 bits per heavy atom. The molecule has 1 rings (SSSR count). The minimum atomic E-state index is -0.499. The molecule has 0 fully saturated rings. The van der Waals surface area contributed by atoms with Crippen LogP contribution in [0.1, 0.15) is 32.4 Å². The Kier molecular flexibility index (Phi) is 3.11. The molecule has 0 saturated carbocycles. The highest BCUT2D eigenvalue weighted by molar-refractivity contribution is 5.20. The van der Waals surface area contributed by atoms with Gasteiger partial charge in [-0.15, -0.1) is 0 Å². The molecular formula is C11H17NO2. The summed E-state index contributed by atoms with van der Waals surface area (Å²) in [6.07, 6.45) is 1.15. The van der Waals surface area contributed by atoms with Gasteiger partial charge < -0.3 is 9.84 Å². The van der Waals surface area contributed by atoms with Crippen LogP contribution >= 0.6 is 0 Å². The number of methoxy groups -OCH3 is 1. The largest absolute Gasteiger partial charge is 0.481 e. The lowest BCUT2D eigenvalue weighted by molar-refractivity contribution is 0.0623. The SMILES string of the molecule is COc1ccc(C(O)C(C)(C)C)cn1.